The van der Waals surface area contributed by atoms with Gasteiger partial charge in [-0.25, -0.2) is 4.98 Å². The second-order valence-corrected chi connectivity index (χ2v) is 4.54. The first-order chi connectivity index (χ1) is 7.43. The van der Waals surface area contributed by atoms with Gasteiger partial charge in [0.2, 0.25) is 5.82 Å². The van der Waals surface area contributed by atoms with Crippen LogP contribution in [-0.4, -0.2) is 24.6 Å². The fraction of sp³-hybridized carbons (Fsp3) is 0.200. The smallest absolute Gasteiger partial charge is 0.393 e. The Morgan fingerprint density at radius 1 is 1.31 bits per heavy atom. The van der Waals surface area contributed by atoms with Gasteiger partial charge in [-0.05, 0) is 6.26 Å². The molecule has 0 aliphatic carbocycles. The summed E-state index contributed by atoms with van der Waals surface area (Å²) < 4.78 is 29.8. The fourth-order valence-corrected chi connectivity index (χ4v) is 1.78. The van der Waals surface area contributed by atoms with Crippen molar-refractivity contribution in [2.45, 2.75) is 5.16 Å². The van der Waals surface area contributed by atoms with E-state index >= 15 is 0 Å². The van der Waals surface area contributed by atoms with Crippen LogP contribution in [0.4, 0.5) is 17.3 Å². The van der Waals surface area contributed by atoms with Gasteiger partial charge in [0.05, 0.1) is 0 Å². The summed E-state index contributed by atoms with van der Waals surface area (Å²) >= 11 is 1.21. The minimum absolute atomic E-state index is 0.0193. The SMILES string of the molecule is CSc1nc(N)c(N)c(N2OS(=O)(=O)O2)n1. The summed E-state index contributed by atoms with van der Waals surface area (Å²) in [5.74, 6) is -0.0301. The lowest BCUT2D eigenvalue weighted by Crippen LogP contribution is -2.42. The number of anilines is 3. The van der Waals surface area contributed by atoms with E-state index in [4.69, 9.17) is 11.5 Å². The van der Waals surface area contributed by atoms with Crippen LogP contribution in [0.2, 0.25) is 0 Å². The van der Waals surface area contributed by atoms with Gasteiger partial charge < -0.3 is 11.5 Å². The van der Waals surface area contributed by atoms with Crippen molar-refractivity contribution in [3.63, 3.8) is 0 Å². The Morgan fingerprint density at radius 2 is 1.94 bits per heavy atom. The number of nitrogens with zero attached hydrogens (tertiary/aromatic N) is 3. The second-order valence-electron chi connectivity index (χ2n) is 2.65. The van der Waals surface area contributed by atoms with Crippen LogP contribution >= 0.6 is 11.8 Å². The molecule has 1 saturated heterocycles. The molecule has 2 rings (SSSR count). The molecule has 88 valence electrons. The predicted molar refractivity (Wildman–Crippen MR) is 56.2 cm³/mol. The van der Waals surface area contributed by atoms with E-state index in [0.29, 0.717) is 10.4 Å². The maximum absolute atomic E-state index is 10.6. The molecule has 16 heavy (non-hydrogen) atoms. The number of hydrogen-bond acceptors (Lipinski definition) is 10. The van der Waals surface area contributed by atoms with E-state index < -0.39 is 10.4 Å². The first-order valence-corrected chi connectivity index (χ1v) is 6.40. The molecule has 0 amide bonds. The maximum Gasteiger partial charge on any atom is 0.446 e. The van der Waals surface area contributed by atoms with Gasteiger partial charge in [-0.1, -0.05) is 25.6 Å². The third kappa shape index (κ3) is 1.84. The molecular weight excluding hydrogens is 258 g/mol. The summed E-state index contributed by atoms with van der Waals surface area (Å²) in [7, 11) is -3.97. The minimum Gasteiger partial charge on any atom is -0.393 e. The van der Waals surface area contributed by atoms with Gasteiger partial charge in [-0.2, -0.15) is 13.4 Å². The van der Waals surface area contributed by atoms with Gasteiger partial charge in [0.1, 0.15) is 5.69 Å². The van der Waals surface area contributed by atoms with Gasteiger partial charge in [-0.15, -0.1) is 0 Å². The van der Waals surface area contributed by atoms with Crippen molar-refractivity contribution in [2.24, 2.45) is 0 Å². The Bertz CT molecular complexity index is 520. The van der Waals surface area contributed by atoms with Crippen LogP contribution in [0.15, 0.2) is 5.16 Å². The van der Waals surface area contributed by atoms with Crippen molar-refractivity contribution in [3.8, 4) is 0 Å². The summed E-state index contributed by atoms with van der Waals surface area (Å²) in [6.07, 6.45) is 1.73. The van der Waals surface area contributed by atoms with Gasteiger partial charge >= 0.3 is 10.4 Å². The van der Waals surface area contributed by atoms with E-state index in [1.54, 1.807) is 6.26 Å². The van der Waals surface area contributed by atoms with E-state index in [0.717, 1.165) is 0 Å². The number of thioether (sulfide) groups is 1. The molecule has 9 nitrogen and oxygen atoms in total. The molecule has 0 aromatic carbocycles. The molecule has 0 radical (unpaired) electrons. The van der Waals surface area contributed by atoms with Crippen LogP contribution in [0, 0.1) is 0 Å². The van der Waals surface area contributed by atoms with E-state index in [1.807, 2.05) is 0 Å². The molecule has 11 heteroatoms. The van der Waals surface area contributed by atoms with Crippen molar-refractivity contribution < 1.29 is 17.0 Å². The van der Waals surface area contributed by atoms with Crippen molar-refractivity contribution in [1.82, 2.24) is 9.97 Å². The monoisotopic (exact) mass is 265 g/mol. The van der Waals surface area contributed by atoms with Crippen molar-refractivity contribution >= 4 is 39.5 Å². The molecule has 1 aromatic rings. The Morgan fingerprint density at radius 3 is 2.44 bits per heavy atom. The fourth-order valence-electron chi connectivity index (χ4n) is 0.926. The van der Waals surface area contributed by atoms with Crippen molar-refractivity contribution in [2.75, 3.05) is 22.9 Å². The van der Waals surface area contributed by atoms with Crippen LogP contribution in [0.25, 0.3) is 0 Å². The van der Waals surface area contributed by atoms with Crippen LogP contribution < -0.4 is 16.7 Å². The molecule has 0 unspecified atom stereocenters. The summed E-state index contributed by atoms with van der Waals surface area (Å²) in [4.78, 5) is 7.74. The lowest BCUT2D eigenvalue weighted by atomic mass is 10.4. The van der Waals surface area contributed by atoms with Gasteiger partial charge in [0.25, 0.3) is 0 Å². The van der Waals surface area contributed by atoms with Crippen LogP contribution in [0.1, 0.15) is 0 Å². The molecule has 0 saturated carbocycles. The Kier molecular flexibility index (Phi) is 2.53. The highest BCUT2D eigenvalue weighted by atomic mass is 32.3. The molecule has 1 fully saturated rings. The number of nitrogens with two attached hydrogens (primary N) is 2. The minimum atomic E-state index is -3.97. The van der Waals surface area contributed by atoms with Crippen LogP contribution in [0.5, 0.6) is 0 Å². The Balaban J connectivity index is 2.37. The summed E-state index contributed by atoms with van der Waals surface area (Å²) in [6, 6.07) is 0. The average molecular weight is 265 g/mol. The number of hydrogen-bond donors (Lipinski definition) is 2. The zero-order valence-electron chi connectivity index (χ0n) is 7.95. The molecular formula is C5H7N5O4S2. The third-order valence-corrected chi connectivity index (χ3v) is 2.79. The van der Waals surface area contributed by atoms with Crippen molar-refractivity contribution in [1.29, 1.82) is 0 Å². The topological polar surface area (TPSA) is 134 Å². The summed E-state index contributed by atoms with van der Waals surface area (Å²) in [6.45, 7) is 0. The molecule has 4 N–H and O–H groups in total. The first kappa shape index (κ1) is 11.2. The number of aromatic nitrogens is 2. The third-order valence-electron chi connectivity index (χ3n) is 1.61. The normalized spacial score (nSPS) is 18.2. The molecule has 2 heterocycles. The average Bonchev–Trinajstić information content (AvgIpc) is 2.18. The zero-order chi connectivity index (χ0) is 11.9. The molecule has 1 aromatic heterocycles. The predicted octanol–water partition coefficient (Wildman–Crippen LogP) is -0.709. The quantitative estimate of drug-likeness (QED) is 0.521. The largest absolute Gasteiger partial charge is 0.446 e. The molecule has 1 aliphatic rings. The van der Waals surface area contributed by atoms with Gasteiger partial charge in [0, 0.05) is 0 Å². The van der Waals surface area contributed by atoms with E-state index in [9.17, 15) is 8.42 Å². The van der Waals surface area contributed by atoms with E-state index in [2.05, 4.69) is 18.5 Å². The van der Waals surface area contributed by atoms with E-state index in [-0.39, 0.29) is 17.3 Å². The molecule has 1 aliphatic heterocycles. The standard InChI is InChI=1S/C5H7N5O4S2/c1-15-5-8-3(7)2(6)4(9-5)10-13-16(11,12)14-10/h6H2,1H3,(H2,7,8,9). The van der Waals surface area contributed by atoms with Gasteiger partial charge in [-0.3, -0.25) is 0 Å². The first-order valence-electron chi connectivity index (χ1n) is 3.84. The molecule has 0 atom stereocenters. The van der Waals surface area contributed by atoms with Crippen LogP contribution in [0.3, 0.4) is 0 Å². The lowest BCUT2D eigenvalue weighted by molar-refractivity contribution is -0.0207. The Labute approximate surface area is 95.0 Å². The highest BCUT2D eigenvalue weighted by Crippen LogP contribution is 2.33. The Hall–Kier alpha value is -1.30. The zero-order valence-corrected chi connectivity index (χ0v) is 9.58. The second kappa shape index (κ2) is 3.62. The summed E-state index contributed by atoms with van der Waals surface area (Å²) in [5.41, 5.74) is 11.0. The molecule has 0 bridgehead atoms. The highest BCUT2D eigenvalue weighted by Gasteiger charge is 2.38. The lowest BCUT2D eigenvalue weighted by Gasteiger charge is -2.27. The molecule has 0 spiro atoms. The highest BCUT2D eigenvalue weighted by molar-refractivity contribution is 7.98. The maximum atomic E-state index is 10.6. The number of nitrogen functional groups attached to an aromatic ring is 2. The van der Waals surface area contributed by atoms with Crippen molar-refractivity contribution in [3.05, 3.63) is 0 Å². The van der Waals surface area contributed by atoms with Crippen LogP contribution in [-0.2, 0) is 19.0 Å². The van der Waals surface area contributed by atoms with Gasteiger partial charge in [0.15, 0.2) is 11.0 Å². The van der Waals surface area contributed by atoms with E-state index in [1.165, 1.54) is 11.8 Å². The number of rotatable bonds is 2. The summed E-state index contributed by atoms with van der Waals surface area (Å²) in [5, 5.41) is 0.876.